The van der Waals surface area contributed by atoms with Crippen LogP contribution in [0.1, 0.15) is 29.9 Å². The van der Waals surface area contributed by atoms with Crippen LogP contribution in [-0.2, 0) is 20.0 Å². The van der Waals surface area contributed by atoms with Crippen molar-refractivity contribution < 1.29 is 14.2 Å². The topological polar surface area (TPSA) is 83.7 Å². The Hall–Kier alpha value is -3.26. The van der Waals surface area contributed by atoms with Crippen LogP contribution >= 0.6 is 0 Å². The molecule has 2 heterocycles. The zero-order valence-corrected chi connectivity index (χ0v) is 20.1. The van der Waals surface area contributed by atoms with E-state index in [0.717, 1.165) is 25.1 Å². The van der Waals surface area contributed by atoms with Gasteiger partial charge in [0.25, 0.3) is 5.56 Å². The maximum Gasteiger partial charge on any atom is 0.331 e. The molecule has 1 unspecified atom stereocenters. The van der Waals surface area contributed by atoms with E-state index in [9.17, 15) is 9.59 Å². The number of hydrogen-bond donors (Lipinski definition) is 1. The van der Waals surface area contributed by atoms with Crippen LogP contribution in [0.4, 0.5) is 0 Å². The number of benzene rings is 2. The molecule has 1 N–H and O–H groups in total. The lowest BCUT2D eigenvalue weighted by Crippen LogP contribution is -2.41. The molecule has 2 aromatic carbocycles. The molecular formula is C26H31N3O5. The summed E-state index contributed by atoms with van der Waals surface area (Å²) in [7, 11) is 6.47. The van der Waals surface area contributed by atoms with Crippen molar-refractivity contribution in [1.82, 2.24) is 14.5 Å². The van der Waals surface area contributed by atoms with E-state index < -0.39 is 0 Å². The summed E-state index contributed by atoms with van der Waals surface area (Å²) in [6, 6.07) is 9.90. The summed E-state index contributed by atoms with van der Waals surface area (Å²) in [4.78, 5) is 26.4. The van der Waals surface area contributed by atoms with Crippen molar-refractivity contribution in [3.8, 4) is 17.2 Å². The Morgan fingerprint density at radius 1 is 1.03 bits per heavy atom. The Labute approximate surface area is 198 Å². The van der Waals surface area contributed by atoms with Gasteiger partial charge in [-0.3, -0.25) is 13.9 Å². The molecule has 1 aliphatic carbocycles. The lowest BCUT2D eigenvalue weighted by molar-refractivity contribution is 0.337. The van der Waals surface area contributed by atoms with E-state index in [0.29, 0.717) is 47.2 Å². The van der Waals surface area contributed by atoms with Gasteiger partial charge in [-0.15, -0.1) is 0 Å². The number of ether oxygens (including phenoxy) is 3. The van der Waals surface area contributed by atoms with Crippen molar-refractivity contribution in [1.29, 1.82) is 0 Å². The molecule has 0 amide bonds. The van der Waals surface area contributed by atoms with E-state index in [1.165, 1.54) is 34.5 Å². The van der Waals surface area contributed by atoms with Gasteiger partial charge in [0.1, 0.15) is 5.75 Å². The number of nitrogens with one attached hydrogen (secondary N) is 1. The Balaban J connectivity index is 1.43. The third-order valence-electron chi connectivity index (χ3n) is 7.67. The van der Waals surface area contributed by atoms with Gasteiger partial charge in [0.15, 0.2) is 11.5 Å². The quantitative estimate of drug-likeness (QED) is 0.602. The van der Waals surface area contributed by atoms with E-state index in [4.69, 9.17) is 14.2 Å². The van der Waals surface area contributed by atoms with Gasteiger partial charge in [-0.2, -0.15) is 0 Å². The molecule has 1 fully saturated rings. The molecule has 0 spiro atoms. The fourth-order valence-electron chi connectivity index (χ4n) is 5.92. The molecule has 1 saturated heterocycles. The first-order valence-electron chi connectivity index (χ1n) is 11.7. The minimum absolute atomic E-state index is 0.252. The summed E-state index contributed by atoms with van der Waals surface area (Å²) < 4.78 is 19.2. The second-order valence-electron chi connectivity index (χ2n) is 9.16. The highest BCUT2D eigenvalue weighted by Crippen LogP contribution is 2.44. The molecule has 180 valence electrons. The average Bonchev–Trinajstić information content (AvgIpc) is 3.29. The standard InChI is InChI=1S/C26H31N3O5/c1-28-21-13-24(34-4)23(33-3)12-18(21)25(30)29(26(28)31)11-10-20-16-8-9-17-15(19(16)14-27-20)6-5-7-22(17)32-2/h5-7,12-13,16,19-20,27H,8-11,14H2,1-4H3/t16-,19-,20?/m0/s1. The van der Waals surface area contributed by atoms with E-state index in [-0.39, 0.29) is 17.3 Å². The first kappa shape index (κ1) is 22.5. The van der Waals surface area contributed by atoms with Crippen molar-refractivity contribution >= 4 is 10.9 Å². The number of aromatic nitrogens is 2. The highest BCUT2D eigenvalue weighted by Gasteiger charge is 2.40. The molecule has 0 bridgehead atoms. The predicted octanol–water partition coefficient (Wildman–Crippen LogP) is 2.43. The van der Waals surface area contributed by atoms with Crippen molar-refractivity contribution in [2.24, 2.45) is 13.0 Å². The monoisotopic (exact) mass is 465 g/mol. The van der Waals surface area contributed by atoms with Gasteiger partial charge < -0.3 is 19.5 Å². The van der Waals surface area contributed by atoms with Crippen molar-refractivity contribution in [3.05, 3.63) is 62.3 Å². The van der Waals surface area contributed by atoms with Crippen LogP contribution in [0.5, 0.6) is 17.2 Å². The molecule has 5 rings (SSSR count). The van der Waals surface area contributed by atoms with Crippen LogP contribution in [0.3, 0.4) is 0 Å². The zero-order valence-electron chi connectivity index (χ0n) is 20.1. The summed E-state index contributed by atoms with van der Waals surface area (Å²) in [5.41, 5.74) is 2.59. The van der Waals surface area contributed by atoms with Crippen LogP contribution in [0.25, 0.3) is 10.9 Å². The molecular weight excluding hydrogens is 434 g/mol. The molecule has 0 radical (unpaired) electrons. The van der Waals surface area contributed by atoms with Gasteiger partial charge in [0.2, 0.25) is 0 Å². The first-order chi connectivity index (χ1) is 16.5. The van der Waals surface area contributed by atoms with Crippen molar-refractivity contribution in [3.63, 3.8) is 0 Å². The Morgan fingerprint density at radius 2 is 1.76 bits per heavy atom. The largest absolute Gasteiger partial charge is 0.496 e. The molecule has 3 aromatic rings. The predicted molar refractivity (Wildman–Crippen MR) is 131 cm³/mol. The van der Waals surface area contributed by atoms with E-state index >= 15 is 0 Å². The zero-order chi connectivity index (χ0) is 24.0. The summed E-state index contributed by atoms with van der Waals surface area (Å²) in [6.45, 7) is 1.26. The highest BCUT2D eigenvalue weighted by atomic mass is 16.5. The first-order valence-corrected chi connectivity index (χ1v) is 11.7. The molecule has 34 heavy (non-hydrogen) atoms. The molecule has 3 atom stereocenters. The fraction of sp³-hybridized carbons (Fsp3) is 0.462. The van der Waals surface area contributed by atoms with Gasteiger partial charge in [-0.05, 0) is 48.4 Å². The van der Waals surface area contributed by atoms with Crippen molar-refractivity contribution in [2.45, 2.75) is 37.8 Å². The smallest absolute Gasteiger partial charge is 0.331 e. The normalized spacial score (nSPS) is 21.2. The Morgan fingerprint density at radius 3 is 2.50 bits per heavy atom. The van der Waals surface area contributed by atoms with Gasteiger partial charge in [0.05, 0.1) is 32.2 Å². The van der Waals surface area contributed by atoms with E-state index in [1.54, 1.807) is 26.3 Å². The van der Waals surface area contributed by atoms with Gasteiger partial charge >= 0.3 is 5.69 Å². The molecule has 8 nitrogen and oxygen atoms in total. The minimum atomic E-state index is -0.321. The third kappa shape index (κ3) is 3.48. The summed E-state index contributed by atoms with van der Waals surface area (Å²) in [5.74, 6) is 2.82. The second-order valence-corrected chi connectivity index (χ2v) is 9.16. The number of hydrogen-bond acceptors (Lipinski definition) is 6. The number of fused-ring (bicyclic) bond motifs is 4. The van der Waals surface area contributed by atoms with Crippen molar-refractivity contribution in [2.75, 3.05) is 27.9 Å². The van der Waals surface area contributed by atoms with Crippen LogP contribution in [0, 0.1) is 5.92 Å². The van der Waals surface area contributed by atoms with E-state index in [2.05, 4.69) is 17.4 Å². The summed E-state index contributed by atoms with van der Waals surface area (Å²) in [5, 5.41) is 4.11. The number of aryl methyl sites for hydroxylation is 1. The van der Waals surface area contributed by atoms with Gasteiger partial charge in [-0.1, -0.05) is 12.1 Å². The molecule has 8 heteroatoms. The number of nitrogens with zero attached hydrogens (tertiary/aromatic N) is 2. The third-order valence-corrected chi connectivity index (χ3v) is 7.67. The average molecular weight is 466 g/mol. The van der Waals surface area contributed by atoms with Gasteiger partial charge in [0, 0.05) is 38.2 Å². The maximum atomic E-state index is 13.3. The van der Waals surface area contributed by atoms with Crippen LogP contribution in [0.15, 0.2) is 39.9 Å². The minimum Gasteiger partial charge on any atom is -0.496 e. The van der Waals surface area contributed by atoms with Crippen LogP contribution in [-0.4, -0.2) is 43.1 Å². The second kappa shape index (κ2) is 8.83. The summed E-state index contributed by atoms with van der Waals surface area (Å²) >= 11 is 0. The van der Waals surface area contributed by atoms with E-state index in [1.807, 2.05) is 6.07 Å². The molecule has 2 aliphatic rings. The SMILES string of the molecule is COc1cc2c(=O)n(CCC3NC[C@H]4c5cccc(OC)c5CC[C@H]34)c(=O)n(C)c2cc1OC. The van der Waals surface area contributed by atoms with Crippen LogP contribution < -0.4 is 30.8 Å². The van der Waals surface area contributed by atoms with Gasteiger partial charge in [-0.25, -0.2) is 4.79 Å². The fourth-order valence-corrected chi connectivity index (χ4v) is 5.92. The maximum absolute atomic E-state index is 13.3. The Bertz CT molecular complexity index is 1360. The number of methoxy groups -OCH3 is 3. The van der Waals surface area contributed by atoms with Crippen LogP contribution in [0.2, 0.25) is 0 Å². The summed E-state index contributed by atoms with van der Waals surface area (Å²) in [6.07, 6.45) is 2.77. The number of rotatable bonds is 6. The molecule has 0 saturated carbocycles. The highest BCUT2D eigenvalue weighted by molar-refractivity contribution is 5.82. The lowest BCUT2D eigenvalue weighted by Gasteiger charge is -2.31. The molecule has 1 aromatic heterocycles. The Kier molecular flexibility index (Phi) is 5.85. The lowest BCUT2D eigenvalue weighted by atomic mass is 9.74. The molecule has 1 aliphatic heterocycles.